The minimum atomic E-state index is -3.70. The van der Waals surface area contributed by atoms with E-state index in [-0.39, 0.29) is 4.90 Å². The Morgan fingerprint density at radius 3 is 2.21 bits per heavy atom. The first-order valence-corrected chi connectivity index (χ1v) is 9.06. The van der Waals surface area contributed by atoms with Crippen LogP contribution in [-0.2, 0) is 10.0 Å². The number of anilines is 1. The zero-order valence-electron chi connectivity index (χ0n) is 13.8. The highest BCUT2D eigenvalue weighted by Gasteiger charge is 2.21. The Morgan fingerprint density at radius 2 is 1.58 bits per heavy atom. The number of benzene rings is 2. The van der Waals surface area contributed by atoms with Gasteiger partial charge < -0.3 is 0 Å². The number of para-hydroxylation sites is 1. The van der Waals surface area contributed by atoms with Gasteiger partial charge in [0.25, 0.3) is 10.0 Å². The number of hydrogen-bond donors (Lipinski definition) is 1. The molecule has 0 aliphatic carbocycles. The SMILES string of the molecule is Cc1cc(C)cc(NS(=O)(=O)c2cn(-c3ccccc3)nc2C)c1. The molecule has 0 unspecified atom stereocenters. The lowest BCUT2D eigenvalue weighted by atomic mass is 10.1. The van der Waals surface area contributed by atoms with E-state index in [1.165, 1.54) is 6.20 Å². The molecule has 3 rings (SSSR count). The minimum Gasteiger partial charge on any atom is -0.280 e. The van der Waals surface area contributed by atoms with Crippen molar-refractivity contribution in [3.05, 3.63) is 71.5 Å². The van der Waals surface area contributed by atoms with Crippen LogP contribution < -0.4 is 4.72 Å². The van der Waals surface area contributed by atoms with Crippen molar-refractivity contribution < 1.29 is 8.42 Å². The van der Waals surface area contributed by atoms with Crippen molar-refractivity contribution in [3.8, 4) is 5.69 Å². The Labute approximate surface area is 142 Å². The van der Waals surface area contributed by atoms with Crippen molar-refractivity contribution in [1.82, 2.24) is 9.78 Å². The molecule has 6 heteroatoms. The average molecular weight is 341 g/mol. The molecule has 1 aromatic heterocycles. The van der Waals surface area contributed by atoms with Gasteiger partial charge in [0.05, 0.1) is 17.6 Å². The van der Waals surface area contributed by atoms with E-state index < -0.39 is 10.0 Å². The highest BCUT2D eigenvalue weighted by atomic mass is 32.2. The van der Waals surface area contributed by atoms with Crippen LogP contribution in [-0.4, -0.2) is 18.2 Å². The van der Waals surface area contributed by atoms with Crippen LogP contribution in [0.25, 0.3) is 5.69 Å². The second kappa shape index (κ2) is 6.13. The maximum Gasteiger partial charge on any atom is 0.265 e. The van der Waals surface area contributed by atoms with Crippen molar-refractivity contribution >= 4 is 15.7 Å². The molecule has 0 fully saturated rings. The van der Waals surface area contributed by atoms with Gasteiger partial charge in [-0.05, 0) is 56.2 Å². The number of nitrogens with zero attached hydrogens (tertiary/aromatic N) is 2. The van der Waals surface area contributed by atoms with E-state index in [0.29, 0.717) is 11.4 Å². The molecule has 0 atom stereocenters. The normalized spacial score (nSPS) is 11.5. The molecule has 0 saturated carbocycles. The lowest BCUT2D eigenvalue weighted by Gasteiger charge is -2.09. The van der Waals surface area contributed by atoms with Crippen molar-refractivity contribution in [2.75, 3.05) is 4.72 Å². The molecular formula is C18H19N3O2S. The molecular weight excluding hydrogens is 322 g/mol. The Kier molecular flexibility index (Phi) is 4.15. The molecule has 0 aliphatic rings. The molecule has 0 saturated heterocycles. The first-order valence-electron chi connectivity index (χ1n) is 7.58. The second-order valence-corrected chi connectivity index (χ2v) is 7.49. The Morgan fingerprint density at radius 1 is 0.958 bits per heavy atom. The standard InChI is InChI=1S/C18H19N3O2S/c1-13-9-14(2)11-16(10-13)20-24(22,23)18-12-21(19-15(18)3)17-7-5-4-6-8-17/h4-12,20H,1-3H3. The summed E-state index contributed by atoms with van der Waals surface area (Å²) in [4.78, 5) is 0.172. The fourth-order valence-electron chi connectivity index (χ4n) is 2.66. The molecule has 0 amide bonds. The largest absolute Gasteiger partial charge is 0.280 e. The van der Waals surface area contributed by atoms with Gasteiger partial charge in [-0.3, -0.25) is 4.72 Å². The van der Waals surface area contributed by atoms with Crippen molar-refractivity contribution in [2.45, 2.75) is 25.7 Å². The van der Waals surface area contributed by atoms with E-state index in [1.54, 1.807) is 11.6 Å². The summed E-state index contributed by atoms with van der Waals surface area (Å²) in [6.45, 7) is 5.56. The van der Waals surface area contributed by atoms with Crippen LogP contribution in [0.1, 0.15) is 16.8 Å². The predicted molar refractivity (Wildman–Crippen MR) is 95.0 cm³/mol. The Balaban J connectivity index is 1.97. The third-order valence-electron chi connectivity index (χ3n) is 3.64. The van der Waals surface area contributed by atoms with Gasteiger partial charge in [-0.2, -0.15) is 5.10 Å². The van der Waals surface area contributed by atoms with E-state index in [4.69, 9.17) is 0 Å². The molecule has 3 aromatic rings. The van der Waals surface area contributed by atoms with Crippen LogP contribution in [0, 0.1) is 20.8 Å². The molecule has 0 bridgehead atoms. The maximum absolute atomic E-state index is 12.7. The molecule has 1 N–H and O–H groups in total. The maximum atomic E-state index is 12.7. The summed E-state index contributed by atoms with van der Waals surface area (Å²) >= 11 is 0. The van der Waals surface area contributed by atoms with Crippen LogP contribution in [0.3, 0.4) is 0 Å². The number of sulfonamides is 1. The Hall–Kier alpha value is -2.60. The zero-order chi connectivity index (χ0) is 17.3. The van der Waals surface area contributed by atoms with Crippen LogP contribution in [0.15, 0.2) is 59.6 Å². The first kappa shape index (κ1) is 16.3. The highest BCUT2D eigenvalue weighted by molar-refractivity contribution is 7.92. The van der Waals surface area contributed by atoms with Gasteiger partial charge >= 0.3 is 0 Å². The van der Waals surface area contributed by atoms with Gasteiger partial charge in [-0.15, -0.1) is 0 Å². The fourth-order valence-corrected chi connectivity index (χ4v) is 3.87. The first-order chi connectivity index (χ1) is 11.3. The van der Waals surface area contributed by atoms with Crippen LogP contribution in [0.5, 0.6) is 0 Å². The number of rotatable bonds is 4. The molecule has 0 spiro atoms. The molecule has 0 radical (unpaired) electrons. The lowest BCUT2D eigenvalue weighted by Crippen LogP contribution is -2.13. The Bertz CT molecular complexity index is 957. The molecule has 124 valence electrons. The van der Waals surface area contributed by atoms with Gasteiger partial charge in [0.1, 0.15) is 4.90 Å². The summed E-state index contributed by atoms with van der Waals surface area (Å²) in [5, 5.41) is 4.32. The summed E-state index contributed by atoms with van der Waals surface area (Å²) in [6, 6.07) is 15.0. The van der Waals surface area contributed by atoms with Crippen LogP contribution >= 0.6 is 0 Å². The summed E-state index contributed by atoms with van der Waals surface area (Å²) in [5.74, 6) is 0. The van der Waals surface area contributed by atoms with Gasteiger partial charge in [0, 0.05) is 5.69 Å². The third kappa shape index (κ3) is 3.33. The van der Waals surface area contributed by atoms with Crippen molar-refractivity contribution in [2.24, 2.45) is 0 Å². The molecule has 5 nitrogen and oxygen atoms in total. The summed E-state index contributed by atoms with van der Waals surface area (Å²) in [5.41, 5.74) is 3.83. The molecule has 2 aromatic carbocycles. The van der Waals surface area contributed by atoms with E-state index >= 15 is 0 Å². The number of aryl methyl sites for hydroxylation is 3. The average Bonchev–Trinajstić information content (AvgIpc) is 2.89. The van der Waals surface area contributed by atoms with Crippen molar-refractivity contribution in [3.63, 3.8) is 0 Å². The smallest absolute Gasteiger partial charge is 0.265 e. The summed E-state index contributed by atoms with van der Waals surface area (Å²) in [6.07, 6.45) is 1.54. The second-order valence-electron chi connectivity index (χ2n) is 5.84. The van der Waals surface area contributed by atoms with Gasteiger partial charge in [-0.1, -0.05) is 24.3 Å². The number of hydrogen-bond acceptors (Lipinski definition) is 3. The predicted octanol–water partition coefficient (Wildman–Crippen LogP) is 3.60. The lowest BCUT2D eigenvalue weighted by molar-refractivity contribution is 0.600. The van der Waals surface area contributed by atoms with Gasteiger partial charge in [-0.25, -0.2) is 13.1 Å². The summed E-state index contributed by atoms with van der Waals surface area (Å²) < 4.78 is 29.7. The molecule has 1 heterocycles. The fraction of sp³-hybridized carbons (Fsp3) is 0.167. The molecule has 0 aliphatic heterocycles. The number of nitrogens with one attached hydrogen (secondary N) is 1. The minimum absolute atomic E-state index is 0.172. The van der Waals surface area contributed by atoms with Crippen molar-refractivity contribution in [1.29, 1.82) is 0 Å². The van der Waals surface area contributed by atoms with Gasteiger partial charge in [0.15, 0.2) is 0 Å². The third-order valence-corrected chi connectivity index (χ3v) is 5.12. The van der Waals surface area contributed by atoms with E-state index in [1.807, 2.05) is 62.4 Å². The molecule has 24 heavy (non-hydrogen) atoms. The summed E-state index contributed by atoms with van der Waals surface area (Å²) in [7, 11) is -3.70. The number of aromatic nitrogens is 2. The highest BCUT2D eigenvalue weighted by Crippen LogP contribution is 2.22. The van der Waals surface area contributed by atoms with E-state index in [9.17, 15) is 8.42 Å². The van der Waals surface area contributed by atoms with Gasteiger partial charge in [0.2, 0.25) is 0 Å². The van der Waals surface area contributed by atoms with E-state index in [0.717, 1.165) is 16.8 Å². The topological polar surface area (TPSA) is 64.0 Å². The quantitative estimate of drug-likeness (QED) is 0.788. The van der Waals surface area contributed by atoms with Crippen LogP contribution in [0.2, 0.25) is 0 Å². The monoisotopic (exact) mass is 341 g/mol. The van der Waals surface area contributed by atoms with E-state index in [2.05, 4.69) is 9.82 Å². The zero-order valence-corrected chi connectivity index (χ0v) is 14.6. The van der Waals surface area contributed by atoms with Crippen LogP contribution in [0.4, 0.5) is 5.69 Å².